The smallest absolute Gasteiger partial charge is 0.238 e. The van der Waals surface area contributed by atoms with E-state index in [-0.39, 0.29) is 11.9 Å². The third kappa shape index (κ3) is 4.05. The summed E-state index contributed by atoms with van der Waals surface area (Å²) in [5.74, 6) is 0.0561. The lowest BCUT2D eigenvalue weighted by atomic mass is 9.99. The van der Waals surface area contributed by atoms with Crippen molar-refractivity contribution in [2.75, 3.05) is 18.4 Å². The number of hydrogen-bond donors (Lipinski definition) is 2. The van der Waals surface area contributed by atoms with Crippen LogP contribution in [0.25, 0.3) is 0 Å². The number of nitrogens with one attached hydrogen (secondary N) is 1. The largest absolute Gasteiger partial charge is 0.328 e. The summed E-state index contributed by atoms with van der Waals surface area (Å²) < 4.78 is 0. The molecule has 2 unspecified atom stereocenters. The van der Waals surface area contributed by atoms with Gasteiger partial charge in [-0.25, -0.2) is 0 Å². The second-order valence-corrected chi connectivity index (χ2v) is 5.71. The van der Waals surface area contributed by atoms with E-state index in [4.69, 9.17) is 5.73 Å². The third-order valence-corrected chi connectivity index (χ3v) is 4.02. The molecule has 1 fully saturated rings. The van der Waals surface area contributed by atoms with Crippen LogP contribution in [0.1, 0.15) is 32.3 Å². The van der Waals surface area contributed by atoms with E-state index in [1.165, 1.54) is 5.56 Å². The van der Waals surface area contributed by atoms with E-state index in [0.717, 1.165) is 31.5 Å². The summed E-state index contributed by atoms with van der Waals surface area (Å²) in [4.78, 5) is 14.3. The number of carbonyl (C=O) groups is 1. The highest BCUT2D eigenvalue weighted by Gasteiger charge is 2.24. The fraction of sp³-hybridized carbons (Fsp3) is 0.562. The molecule has 0 aliphatic carbocycles. The van der Waals surface area contributed by atoms with Gasteiger partial charge in [0.1, 0.15) is 0 Å². The van der Waals surface area contributed by atoms with Crippen molar-refractivity contribution in [3.63, 3.8) is 0 Å². The van der Waals surface area contributed by atoms with E-state index < -0.39 is 0 Å². The Morgan fingerprint density at radius 2 is 2.30 bits per heavy atom. The number of nitrogens with two attached hydrogens (primary N) is 1. The summed E-state index contributed by atoms with van der Waals surface area (Å²) in [5.41, 5.74) is 8.07. The first-order valence-electron chi connectivity index (χ1n) is 7.47. The van der Waals surface area contributed by atoms with Crippen LogP contribution in [-0.2, 0) is 11.2 Å². The molecule has 0 spiro atoms. The maximum atomic E-state index is 12.1. The topological polar surface area (TPSA) is 58.4 Å². The molecule has 1 saturated heterocycles. The molecule has 1 heterocycles. The average molecular weight is 275 g/mol. The highest BCUT2D eigenvalue weighted by atomic mass is 16.2. The average Bonchev–Trinajstić information content (AvgIpc) is 2.42. The van der Waals surface area contributed by atoms with Crippen molar-refractivity contribution in [2.24, 2.45) is 5.73 Å². The zero-order valence-corrected chi connectivity index (χ0v) is 12.4. The zero-order valence-electron chi connectivity index (χ0n) is 12.4. The van der Waals surface area contributed by atoms with Gasteiger partial charge in [0.2, 0.25) is 5.91 Å². The number of rotatable bonds is 4. The van der Waals surface area contributed by atoms with Gasteiger partial charge in [0, 0.05) is 24.3 Å². The van der Waals surface area contributed by atoms with Crippen LogP contribution in [0.15, 0.2) is 24.3 Å². The van der Waals surface area contributed by atoms with Gasteiger partial charge in [-0.2, -0.15) is 0 Å². The van der Waals surface area contributed by atoms with Crippen molar-refractivity contribution in [3.05, 3.63) is 29.8 Å². The number of hydrogen-bond acceptors (Lipinski definition) is 3. The molecular weight excluding hydrogens is 250 g/mol. The Morgan fingerprint density at radius 3 is 3.00 bits per heavy atom. The summed E-state index contributed by atoms with van der Waals surface area (Å²) >= 11 is 0. The second-order valence-electron chi connectivity index (χ2n) is 5.71. The SMILES string of the molecule is CCc1cccc(NC(=O)CN2CCC(N)CC2C)c1. The van der Waals surface area contributed by atoms with Crippen LogP contribution in [0.3, 0.4) is 0 Å². The summed E-state index contributed by atoms with van der Waals surface area (Å²) in [7, 11) is 0. The zero-order chi connectivity index (χ0) is 14.5. The molecule has 20 heavy (non-hydrogen) atoms. The molecule has 0 aromatic heterocycles. The van der Waals surface area contributed by atoms with E-state index in [1.807, 2.05) is 18.2 Å². The molecule has 1 aliphatic rings. The van der Waals surface area contributed by atoms with Gasteiger partial charge >= 0.3 is 0 Å². The maximum absolute atomic E-state index is 12.1. The predicted molar refractivity (Wildman–Crippen MR) is 82.7 cm³/mol. The van der Waals surface area contributed by atoms with Crippen molar-refractivity contribution in [1.29, 1.82) is 0 Å². The first-order chi connectivity index (χ1) is 9.58. The van der Waals surface area contributed by atoms with Crippen molar-refractivity contribution in [3.8, 4) is 0 Å². The van der Waals surface area contributed by atoms with Crippen LogP contribution in [0.5, 0.6) is 0 Å². The fourth-order valence-corrected chi connectivity index (χ4v) is 2.75. The first-order valence-corrected chi connectivity index (χ1v) is 7.47. The van der Waals surface area contributed by atoms with Crippen LogP contribution < -0.4 is 11.1 Å². The van der Waals surface area contributed by atoms with Crippen LogP contribution in [0, 0.1) is 0 Å². The number of carbonyl (C=O) groups excluding carboxylic acids is 1. The minimum atomic E-state index is 0.0561. The molecule has 0 radical (unpaired) electrons. The quantitative estimate of drug-likeness (QED) is 0.883. The van der Waals surface area contributed by atoms with Gasteiger partial charge in [-0.05, 0) is 43.9 Å². The molecule has 4 heteroatoms. The van der Waals surface area contributed by atoms with E-state index in [1.54, 1.807) is 0 Å². The van der Waals surface area contributed by atoms with Gasteiger partial charge in [0.15, 0.2) is 0 Å². The van der Waals surface area contributed by atoms with E-state index in [0.29, 0.717) is 12.6 Å². The molecule has 1 aromatic carbocycles. The van der Waals surface area contributed by atoms with Gasteiger partial charge in [-0.1, -0.05) is 19.1 Å². The molecule has 1 aromatic rings. The van der Waals surface area contributed by atoms with Gasteiger partial charge in [-0.3, -0.25) is 9.69 Å². The van der Waals surface area contributed by atoms with Crippen LogP contribution in [-0.4, -0.2) is 36.0 Å². The second kappa shape index (κ2) is 6.86. The molecule has 3 N–H and O–H groups in total. The van der Waals surface area contributed by atoms with Gasteiger partial charge in [0.05, 0.1) is 6.54 Å². The minimum absolute atomic E-state index is 0.0561. The number of nitrogens with zero attached hydrogens (tertiary/aromatic N) is 1. The minimum Gasteiger partial charge on any atom is -0.328 e. The fourth-order valence-electron chi connectivity index (χ4n) is 2.75. The lowest BCUT2D eigenvalue weighted by Crippen LogP contribution is -2.48. The number of amides is 1. The van der Waals surface area contributed by atoms with Crippen molar-refractivity contribution in [2.45, 2.75) is 45.2 Å². The normalized spacial score (nSPS) is 23.6. The highest BCUT2D eigenvalue weighted by Crippen LogP contribution is 2.16. The third-order valence-electron chi connectivity index (χ3n) is 4.02. The molecule has 0 saturated carbocycles. The number of piperidine rings is 1. The van der Waals surface area contributed by atoms with Gasteiger partial charge < -0.3 is 11.1 Å². The molecule has 1 aliphatic heterocycles. The summed E-state index contributed by atoms with van der Waals surface area (Å²) in [5, 5.41) is 2.98. The number of aryl methyl sites for hydroxylation is 1. The number of likely N-dealkylation sites (tertiary alicyclic amines) is 1. The Labute approximate surface area is 121 Å². The Hall–Kier alpha value is -1.39. The van der Waals surface area contributed by atoms with E-state index in [2.05, 4.69) is 30.1 Å². The highest BCUT2D eigenvalue weighted by molar-refractivity contribution is 5.92. The number of anilines is 1. The van der Waals surface area contributed by atoms with E-state index in [9.17, 15) is 4.79 Å². The molecule has 2 rings (SSSR count). The monoisotopic (exact) mass is 275 g/mol. The van der Waals surface area contributed by atoms with Crippen molar-refractivity contribution in [1.82, 2.24) is 4.90 Å². The molecular formula is C16H25N3O. The standard InChI is InChI=1S/C16H25N3O/c1-3-13-5-4-6-15(10-13)18-16(20)11-19-8-7-14(17)9-12(19)2/h4-6,10,12,14H,3,7-9,11,17H2,1-2H3,(H,18,20). The molecule has 4 nitrogen and oxygen atoms in total. The van der Waals surface area contributed by atoms with Gasteiger partial charge in [0.25, 0.3) is 0 Å². The predicted octanol–water partition coefficient (Wildman–Crippen LogP) is 2.00. The van der Waals surface area contributed by atoms with Crippen molar-refractivity contribution >= 4 is 11.6 Å². The van der Waals surface area contributed by atoms with Crippen LogP contribution in [0.4, 0.5) is 5.69 Å². The lowest BCUT2D eigenvalue weighted by Gasteiger charge is -2.35. The molecule has 110 valence electrons. The Kier molecular flexibility index (Phi) is 5.15. The van der Waals surface area contributed by atoms with E-state index >= 15 is 0 Å². The van der Waals surface area contributed by atoms with Crippen LogP contribution >= 0.6 is 0 Å². The summed E-state index contributed by atoms with van der Waals surface area (Å²) in [6.07, 6.45) is 2.92. The molecule has 2 atom stereocenters. The van der Waals surface area contributed by atoms with Crippen LogP contribution in [0.2, 0.25) is 0 Å². The van der Waals surface area contributed by atoms with Gasteiger partial charge in [-0.15, -0.1) is 0 Å². The Balaban J connectivity index is 1.88. The summed E-state index contributed by atoms with van der Waals surface area (Å²) in [6.45, 7) is 5.61. The maximum Gasteiger partial charge on any atom is 0.238 e. The molecule has 1 amide bonds. The Bertz CT molecular complexity index is 461. The molecule has 0 bridgehead atoms. The first kappa shape index (κ1) is 15.0. The lowest BCUT2D eigenvalue weighted by molar-refractivity contribution is -0.118. The number of benzene rings is 1. The Morgan fingerprint density at radius 1 is 1.50 bits per heavy atom. The van der Waals surface area contributed by atoms with Crippen molar-refractivity contribution < 1.29 is 4.79 Å². The summed E-state index contributed by atoms with van der Waals surface area (Å²) in [6, 6.07) is 8.69.